The van der Waals surface area contributed by atoms with Crippen molar-refractivity contribution in [1.29, 1.82) is 0 Å². The fourth-order valence-corrected chi connectivity index (χ4v) is 4.33. The zero-order valence-electron chi connectivity index (χ0n) is 17.0. The summed E-state index contributed by atoms with van der Waals surface area (Å²) in [6.45, 7) is 9.15. The molecule has 0 bridgehead atoms. The molecule has 9 heteroatoms. The molecule has 2 atom stereocenters. The van der Waals surface area contributed by atoms with Crippen LogP contribution in [0.1, 0.15) is 20.8 Å². The molecule has 1 fully saturated rings. The van der Waals surface area contributed by atoms with E-state index in [9.17, 15) is 13.2 Å². The van der Waals surface area contributed by atoms with Gasteiger partial charge in [-0.05, 0) is 37.1 Å². The lowest BCUT2D eigenvalue weighted by Crippen LogP contribution is -2.53. The average molecular weight is 414 g/mol. The van der Waals surface area contributed by atoms with Crippen molar-refractivity contribution >= 4 is 15.9 Å². The van der Waals surface area contributed by atoms with Crippen molar-refractivity contribution in [1.82, 2.24) is 14.9 Å². The normalized spacial score (nSPS) is 17.9. The molecule has 1 amide bonds. The average Bonchev–Trinajstić information content (AvgIpc) is 2.70. The highest BCUT2D eigenvalue weighted by Gasteiger charge is 2.29. The Kier molecular flexibility index (Phi) is 8.23. The number of sulfonamides is 1. The summed E-state index contributed by atoms with van der Waals surface area (Å²) in [6.07, 6.45) is 0. The van der Waals surface area contributed by atoms with Gasteiger partial charge in [0.05, 0.1) is 25.2 Å². The molecular weight excluding hydrogens is 382 g/mol. The van der Waals surface area contributed by atoms with Crippen molar-refractivity contribution < 1.29 is 22.7 Å². The van der Waals surface area contributed by atoms with E-state index in [1.165, 1.54) is 19.2 Å². The van der Waals surface area contributed by atoms with Crippen LogP contribution in [0.5, 0.6) is 5.75 Å². The van der Waals surface area contributed by atoms with Gasteiger partial charge in [-0.3, -0.25) is 9.69 Å². The third-order valence-electron chi connectivity index (χ3n) is 4.84. The summed E-state index contributed by atoms with van der Waals surface area (Å²) in [4.78, 5) is 15.0. The first-order valence-corrected chi connectivity index (χ1v) is 11.0. The van der Waals surface area contributed by atoms with Crippen LogP contribution >= 0.6 is 0 Å². The Hall–Kier alpha value is -1.68. The second-order valence-electron chi connectivity index (χ2n) is 7.26. The van der Waals surface area contributed by atoms with Gasteiger partial charge in [-0.15, -0.1) is 0 Å². The highest BCUT2D eigenvalue weighted by Crippen LogP contribution is 2.17. The standard InChI is InChI=1S/C19H31N3O5S/c1-14(2)18(19(23)20-13-15(3)22-9-11-27-12-10-22)21-28(24,25)17-7-5-16(26-4)6-8-17/h5-8,14-15,18,21H,9-13H2,1-4H3,(H,20,23)/t15?,18-/m0/s1. The number of carbonyl (C=O) groups is 1. The fraction of sp³-hybridized carbons (Fsp3) is 0.632. The van der Waals surface area contributed by atoms with E-state index in [4.69, 9.17) is 9.47 Å². The molecule has 1 saturated heterocycles. The van der Waals surface area contributed by atoms with Crippen molar-refractivity contribution in [2.45, 2.75) is 37.8 Å². The number of morpholine rings is 1. The number of nitrogens with zero attached hydrogens (tertiary/aromatic N) is 1. The maximum atomic E-state index is 12.7. The zero-order chi connectivity index (χ0) is 20.7. The molecule has 0 radical (unpaired) electrons. The molecule has 2 rings (SSSR count). The molecule has 1 heterocycles. The summed E-state index contributed by atoms with van der Waals surface area (Å²) in [5.41, 5.74) is 0. The van der Waals surface area contributed by atoms with Crippen LogP contribution in [0, 0.1) is 5.92 Å². The second kappa shape index (κ2) is 10.2. The van der Waals surface area contributed by atoms with Crippen LogP contribution in [0.2, 0.25) is 0 Å². The van der Waals surface area contributed by atoms with Crippen LogP contribution in [0.15, 0.2) is 29.2 Å². The zero-order valence-corrected chi connectivity index (χ0v) is 17.8. The molecule has 1 aliphatic rings. The predicted octanol–water partition coefficient (Wildman–Crippen LogP) is 0.835. The minimum absolute atomic E-state index is 0.0911. The van der Waals surface area contributed by atoms with Gasteiger partial charge in [0.2, 0.25) is 15.9 Å². The van der Waals surface area contributed by atoms with E-state index >= 15 is 0 Å². The van der Waals surface area contributed by atoms with Gasteiger partial charge in [-0.1, -0.05) is 13.8 Å². The Bertz CT molecular complexity index is 730. The van der Waals surface area contributed by atoms with E-state index in [2.05, 4.69) is 14.9 Å². The molecule has 0 spiro atoms. The Labute approximate surface area is 167 Å². The minimum atomic E-state index is -3.83. The molecule has 1 unspecified atom stereocenters. The summed E-state index contributed by atoms with van der Waals surface area (Å²) in [5, 5.41) is 2.89. The topological polar surface area (TPSA) is 97.0 Å². The molecule has 0 aromatic heterocycles. The van der Waals surface area contributed by atoms with Gasteiger partial charge < -0.3 is 14.8 Å². The van der Waals surface area contributed by atoms with Crippen LogP contribution in [-0.4, -0.2) is 71.3 Å². The lowest BCUT2D eigenvalue weighted by Gasteiger charge is -2.32. The van der Waals surface area contributed by atoms with Crippen molar-refractivity contribution in [3.05, 3.63) is 24.3 Å². The van der Waals surface area contributed by atoms with Crippen molar-refractivity contribution in [3.8, 4) is 5.75 Å². The van der Waals surface area contributed by atoms with Gasteiger partial charge in [-0.25, -0.2) is 8.42 Å². The van der Waals surface area contributed by atoms with Crippen LogP contribution in [0.4, 0.5) is 0 Å². The quantitative estimate of drug-likeness (QED) is 0.623. The van der Waals surface area contributed by atoms with Gasteiger partial charge in [0, 0.05) is 25.7 Å². The minimum Gasteiger partial charge on any atom is -0.497 e. The fourth-order valence-electron chi connectivity index (χ4n) is 2.99. The third kappa shape index (κ3) is 6.16. The van der Waals surface area contributed by atoms with E-state index in [1.807, 2.05) is 20.8 Å². The summed E-state index contributed by atoms with van der Waals surface area (Å²) in [6, 6.07) is 5.35. The molecule has 1 aromatic rings. The predicted molar refractivity (Wildman–Crippen MR) is 107 cm³/mol. The summed E-state index contributed by atoms with van der Waals surface area (Å²) < 4.78 is 38.3. The Morgan fingerprint density at radius 1 is 1.18 bits per heavy atom. The number of methoxy groups -OCH3 is 1. The number of hydrogen-bond donors (Lipinski definition) is 2. The van der Waals surface area contributed by atoms with Crippen LogP contribution in [0.25, 0.3) is 0 Å². The lowest BCUT2D eigenvalue weighted by molar-refractivity contribution is -0.124. The first-order chi connectivity index (χ1) is 13.2. The number of amides is 1. The van der Waals surface area contributed by atoms with E-state index in [-0.39, 0.29) is 22.8 Å². The van der Waals surface area contributed by atoms with Crippen molar-refractivity contribution in [2.24, 2.45) is 5.92 Å². The van der Waals surface area contributed by atoms with Gasteiger partial charge >= 0.3 is 0 Å². The number of hydrogen-bond acceptors (Lipinski definition) is 6. The van der Waals surface area contributed by atoms with E-state index in [1.54, 1.807) is 12.1 Å². The monoisotopic (exact) mass is 413 g/mol. The van der Waals surface area contributed by atoms with Gasteiger partial charge in [0.1, 0.15) is 11.8 Å². The van der Waals surface area contributed by atoms with Gasteiger partial charge in [-0.2, -0.15) is 4.72 Å². The largest absolute Gasteiger partial charge is 0.497 e. The number of rotatable bonds is 9. The Morgan fingerprint density at radius 3 is 2.32 bits per heavy atom. The maximum Gasteiger partial charge on any atom is 0.241 e. The Morgan fingerprint density at radius 2 is 1.79 bits per heavy atom. The number of nitrogens with one attached hydrogen (secondary N) is 2. The number of benzene rings is 1. The molecule has 28 heavy (non-hydrogen) atoms. The maximum absolute atomic E-state index is 12.7. The molecule has 1 aliphatic heterocycles. The van der Waals surface area contributed by atoms with E-state index in [0.29, 0.717) is 25.5 Å². The van der Waals surface area contributed by atoms with Crippen molar-refractivity contribution in [2.75, 3.05) is 40.0 Å². The first-order valence-electron chi connectivity index (χ1n) is 9.50. The third-order valence-corrected chi connectivity index (χ3v) is 6.30. The van der Waals surface area contributed by atoms with Crippen LogP contribution in [-0.2, 0) is 19.6 Å². The summed E-state index contributed by atoms with van der Waals surface area (Å²) in [5.74, 6) is 0.0353. The Balaban J connectivity index is 1.99. The molecule has 2 N–H and O–H groups in total. The second-order valence-corrected chi connectivity index (χ2v) is 8.97. The molecule has 158 valence electrons. The molecule has 8 nitrogen and oxygen atoms in total. The van der Waals surface area contributed by atoms with Gasteiger partial charge in [0.15, 0.2) is 0 Å². The first kappa shape index (κ1) is 22.6. The lowest BCUT2D eigenvalue weighted by atomic mass is 10.0. The van der Waals surface area contributed by atoms with Crippen LogP contribution < -0.4 is 14.8 Å². The van der Waals surface area contributed by atoms with Crippen LogP contribution in [0.3, 0.4) is 0 Å². The molecule has 0 aliphatic carbocycles. The van der Waals surface area contributed by atoms with Gasteiger partial charge in [0.25, 0.3) is 0 Å². The number of carbonyl (C=O) groups excluding carboxylic acids is 1. The molecule has 1 aromatic carbocycles. The highest BCUT2D eigenvalue weighted by atomic mass is 32.2. The summed E-state index contributed by atoms with van der Waals surface area (Å²) >= 11 is 0. The van der Waals surface area contributed by atoms with E-state index in [0.717, 1.165) is 13.1 Å². The smallest absolute Gasteiger partial charge is 0.241 e. The highest BCUT2D eigenvalue weighted by molar-refractivity contribution is 7.89. The molecule has 0 saturated carbocycles. The van der Waals surface area contributed by atoms with Crippen molar-refractivity contribution in [3.63, 3.8) is 0 Å². The number of ether oxygens (including phenoxy) is 2. The SMILES string of the molecule is COc1ccc(S(=O)(=O)N[C@H](C(=O)NCC(C)N2CCOCC2)C(C)C)cc1. The molecular formula is C19H31N3O5S. The van der Waals surface area contributed by atoms with E-state index < -0.39 is 16.1 Å². The summed E-state index contributed by atoms with van der Waals surface area (Å²) in [7, 11) is -2.31.